The number of benzene rings is 1. The van der Waals surface area contributed by atoms with Crippen LogP contribution in [0.2, 0.25) is 0 Å². The number of nitrogens with one attached hydrogen (secondary N) is 1. The van der Waals surface area contributed by atoms with Crippen molar-refractivity contribution in [3.8, 4) is 0 Å². The lowest BCUT2D eigenvalue weighted by Gasteiger charge is -2.17. The SMILES string of the molecule is CC(C)c1nnc(CCC(=O)NC2c3ccccc3CC2O)o1. The molecule has 1 amide bonds. The van der Waals surface area contributed by atoms with Crippen molar-refractivity contribution in [2.75, 3.05) is 0 Å². The third kappa shape index (κ3) is 3.42. The van der Waals surface area contributed by atoms with Gasteiger partial charge in [0.25, 0.3) is 0 Å². The second-order valence-electron chi connectivity index (χ2n) is 6.20. The molecule has 1 aromatic heterocycles. The maximum Gasteiger partial charge on any atom is 0.221 e. The van der Waals surface area contributed by atoms with E-state index in [4.69, 9.17) is 4.42 Å². The normalized spacial score (nSPS) is 19.8. The molecule has 6 nitrogen and oxygen atoms in total. The molecule has 6 heteroatoms. The molecule has 2 N–H and O–H groups in total. The van der Waals surface area contributed by atoms with Crippen LogP contribution in [0.4, 0.5) is 0 Å². The summed E-state index contributed by atoms with van der Waals surface area (Å²) in [5.41, 5.74) is 2.08. The van der Waals surface area contributed by atoms with Crippen molar-refractivity contribution in [3.05, 3.63) is 47.2 Å². The summed E-state index contributed by atoms with van der Waals surface area (Å²) in [6.45, 7) is 3.95. The van der Waals surface area contributed by atoms with Gasteiger partial charge < -0.3 is 14.8 Å². The van der Waals surface area contributed by atoms with Crippen LogP contribution in [0.1, 0.15) is 55.1 Å². The van der Waals surface area contributed by atoms with Crippen LogP contribution in [0.25, 0.3) is 0 Å². The lowest BCUT2D eigenvalue weighted by atomic mass is 10.1. The lowest BCUT2D eigenvalue weighted by Crippen LogP contribution is -2.34. The van der Waals surface area contributed by atoms with Gasteiger partial charge in [-0.2, -0.15) is 0 Å². The molecule has 1 aromatic carbocycles. The molecular formula is C17H21N3O3. The molecule has 2 aromatic rings. The molecule has 23 heavy (non-hydrogen) atoms. The summed E-state index contributed by atoms with van der Waals surface area (Å²) in [4.78, 5) is 12.2. The fraction of sp³-hybridized carbons (Fsp3) is 0.471. The summed E-state index contributed by atoms with van der Waals surface area (Å²) in [5, 5.41) is 21.0. The highest BCUT2D eigenvalue weighted by molar-refractivity contribution is 5.77. The fourth-order valence-electron chi connectivity index (χ4n) is 2.81. The standard InChI is InChI=1S/C17H21N3O3/c1-10(2)17-20-19-15(23-17)8-7-14(22)18-16-12-6-4-3-5-11(12)9-13(16)21/h3-6,10,13,16,21H,7-9H2,1-2H3,(H,18,22). The van der Waals surface area contributed by atoms with E-state index in [2.05, 4.69) is 15.5 Å². The highest BCUT2D eigenvalue weighted by atomic mass is 16.4. The molecule has 1 heterocycles. The van der Waals surface area contributed by atoms with Gasteiger partial charge in [-0.05, 0) is 11.1 Å². The van der Waals surface area contributed by atoms with E-state index in [1.165, 1.54) is 0 Å². The number of aromatic nitrogens is 2. The molecular weight excluding hydrogens is 294 g/mol. The van der Waals surface area contributed by atoms with Crippen LogP contribution >= 0.6 is 0 Å². The maximum absolute atomic E-state index is 12.2. The Labute approximate surface area is 134 Å². The average molecular weight is 315 g/mol. The smallest absolute Gasteiger partial charge is 0.221 e. The molecule has 1 aliphatic rings. The lowest BCUT2D eigenvalue weighted by molar-refractivity contribution is -0.122. The van der Waals surface area contributed by atoms with Crippen molar-refractivity contribution >= 4 is 5.91 Å². The van der Waals surface area contributed by atoms with E-state index in [-0.39, 0.29) is 24.3 Å². The van der Waals surface area contributed by atoms with Crippen molar-refractivity contribution in [1.29, 1.82) is 0 Å². The summed E-state index contributed by atoms with van der Waals surface area (Å²) in [6.07, 6.45) is 0.649. The van der Waals surface area contributed by atoms with Crippen LogP contribution in [0.5, 0.6) is 0 Å². The minimum atomic E-state index is -0.577. The largest absolute Gasteiger partial charge is 0.425 e. The van der Waals surface area contributed by atoms with E-state index < -0.39 is 6.10 Å². The van der Waals surface area contributed by atoms with Crippen LogP contribution in [0.3, 0.4) is 0 Å². The number of aliphatic hydroxyl groups excluding tert-OH is 1. The first-order valence-corrected chi connectivity index (χ1v) is 7.92. The zero-order valence-electron chi connectivity index (χ0n) is 13.3. The predicted octanol–water partition coefficient (Wildman–Crippen LogP) is 1.90. The molecule has 0 aliphatic heterocycles. The molecule has 1 aliphatic carbocycles. The molecule has 2 unspecified atom stereocenters. The monoisotopic (exact) mass is 315 g/mol. The Morgan fingerprint density at radius 3 is 2.91 bits per heavy atom. The van der Waals surface area contributed by atoms with Crippen molar-refractivity contribution < 1.29 is 14.3 Å². The maximum atomic E-state index is 12.2. The minimum Gasteiger partial charge on any atom is -0.425 e. The number of hydrogen-bond donors (Lipinski definition) is 2. The number of carbonyl (C=O) groups excluding carboxylic acids is 1. The number of nitrogens with zero attached hydrogens (tertiary/aromatic N) is 2. The van der Waals surface area contributed by atoms with Crippen LogP contribution < -0.4 is 5.32 Å². The summed E-state index contributed by atoms with van der Waals surface area (Å²) in [5.74, 6) is 1.10. The van der Waals surface area contributed by atoms with Crippen LogP contribution in [-0.4, -0.2) is 27.3 Å². The van der Waals surface area contributed by atoms with E-state index in [0.29, 0.717) is 24.6 Å². The highest BCUT2D eigenvalue weighted by Gasteiger charge is 2.31. The third-order valence-electron chi connectivity index (χ3n) is 4.06. The van der Waals surface area contributed by atoms with Gasteiger partial charge in [0, 0.05) is 25.2 Å². The molecule has 0 saturated heterocycles. The molecule has 0 saturated carbocycles. The number of aryl methyl sites for hydroxylation is 1. The molecule has 2 atom stereocenters. The Balaban J connectivity index is 1.57. The Bertz CT molecular complexity index is 696. The molecule has 3 rings (SSSR count). The fourth-order valence-corrected chi connectivity index (χ4v) is 2.81. The Hall–Kier alpha value is -2.21. The van der Waals surface area contributed by atoms with Gasteiger partial charge in [-0.1, -0.05) is 38.1 Å². The topological polar surface area (TPSA) is 88.2 Å². The summed E-state index contributed by atoms with van der Waals surface area (Å²) >= 11 is 0. The molecule has 0 fully saturated rings. The second-order valence-corrected chi connectivity index (χ2v) is 6.20. The Morgan fingerprint density at radius 2 is 2.17 bits per heavy atom. The number of carbonyl (C=O) groups is 1. The molecule has 0 radical (unpaired) electrons. The van der Waals surface area contributed by atoms with Gasteiger partial charge in [-0.25, -0.2) is 0 Å². The van der Waals surface area contributed by atoms with Gasteiger partial charge in [-0.15, -0.1) is 10.2 Å². The van der Waals surface area contributed by atoms with E-state index in [1.807, 2.05) is 38.1 Å². The number of aliphatic hydroxyl groups is 1. The van der Waals surface area contributed by atoms with Gasteiger partial charge in [0.1, 0.15) is 0 Å². The Morgan fingerprint density at radius 1 is 1.39 bits per heavy atom. The average Bonchev–Trinajstić information content (AvgIpc) is 3.11. The predicted molar refractivity (Wildman–Crippen MR) is 83.7 cm³/mol. The number of fused-ring (bicyclic) bond motifs is 1. The zero-order valence-corrected chi connectivity index (χ0v) is 13.3. The Kier molecular flexibility index (Phi) is 4.43. The summed E-state index contributed by atoms with van der Waals surface area (Å²) in [7, 11) is 0. The van der Waals surface area contributed by atoms with Gasteiger partial charge in [0.2, 0.25) is 17.7 Å². The third-order valence-corrected chi connectivity index (χ3v) is 4.06. The number of hydrogen-bond acceptors (Lipinski definition) is 5. The number of amides is 1. The van der Waals surface area contributed by atoms with Crippen molar-refractivity contribution in [3.63, 3.8) is 0 Å². The van der Waals surface area contributed by atoms with E-state index in [9.17, 15) is 9.90 Å². The van der Waals surface area contributed by atoms with Crippen LogP contribution in [-0.2, 0) is 17.6 Å². The van der Waals surface area contributed by atoms with Gasteiger partial charge in [0.05, 0.1) is 12.1 Å². The first-order valence-electron chi connectivity index (χ1n) is 7.92. The van der Waals surface area contributed by atoms with Crippen LogP contribution in [0.15, 0.2) is 28.7 Å². The first kappa shape index (κ1) is 15.7. The zero-order chi connectivity index (χ0) is 16.4. The van der Waals surface area contributed by atoms with Gasteiger partial charge in [-0.3, -0.25) is 4.79 Å². The molecule has 0 spiro atoms. The van der Waals surface area contributed by atoms with Gasteiger partial charge >= 0.3 is 0 Å². The van der Waals surface area contributed by atoms with E-state index >= 15 is 0 Å². The van der Waals surface area contributed by atoms with Crippen molar-refractivity contribution in [1.82, 2.24) is 15.5 Å². The van der Waals surface area contributed by atoms with Crippen molar-refractivity contribution in [2.24, 2.45) is 0 Å². The molecule has 0 bridgehead atoms. The van der Waals surface area contributed by atoms with Crippen molar-refractivity contribution in [2.45, 2.75) is 51.2 Å². The molecule has 122 valence electrons. The quantitative estimate of drug-likeness (QED) is 0.880. The second kappa shape index (κ2) is 6.50. The van der Waals surface area contributed by atoms with E-state index in [1.54, 1.807) is 0 Å². The van der Waals surface area contributed by atoms with Crippen LogP contribution in [0, 0.1) is 0 Å². The first-order chi connectivity index (χ1) is 11.0. The summed E-state index contributed by atoms with van der Waals surface area (Å²) < 4.78 is 5.49. The summed E-state index contributed by atoms with van der Waals surface area (Å²) in [6, 6.07) is 7.45. The number of rotatable bonds is 5. The highest BCUT2D eigenvalue weighted by Crippen LogP contribution is 2.31. The minimum absolute atomic E-state index is 0.130. The van der Waals surface area contributed by atoms with Gasteiger partial charge in [0.15, 0.2) is 0 Å². The van der Waals surface area contributed by atoms with E-state index in [0.717, 1.165) is 11.1 Å².